The molecule has 0 saturated carbocycles. The Labute approximate surface area is 283 Å². The molecule has 0 aliphatic rings. The van der Waals surface area contributed by atoms with Gasteiger partial charge in [-0.25, -0.2) is 0 Å². The monoisotopic (exact) mass is 682 g/mol. The largest absolute Gasteiger partial charge is 2.00 e. The molecule has 2 radical (unpaired) electrons. The second-order valence-corrected chi connectivity index (χ2v) is 13.2. The number of hydrogen-bond donors (Lipinski definition) is 0. The summed E-state index contributed by atoms with van der Waals surface area (Å²) >= 11 is 0. The van der Waals surface area contributed by atoms with Crippen molar-refractivity contribution in [1.82, 2.24) is 0 Å². The van der Waals surface area contributed by atoms with Crippen LogP contribution in [0.3, 0.4) is 0 Å². The first-order chi connectivity index (χ1) is 17.8. The Balaban J connectivity index is -0.000000101. The molecule has 0 aromatic heterocycles. The molecule has 254 valence electrons. The van der Waals surface area contributed by atoms with Gasteiger partial charge in [-0.1, -0.05) is 160 Å². The van der Waals surface area contributed by atoms with E-state index in [1.54, 1.807) is 0 Å². The van der Waals surface area contributed by atoms with Crippen molar-refractivity contribution in [1.29, 1.82) is 0 Å². The van der Waals surface area contributed by atoms with E-state index in [9.17, 15) is 0 Å². The molecule has 0 amide bonds. The molecule has 0 aromatic carbocycles. The van der Waals surface area contributed by atoms with Crippen LogP contribution in [0.15, 0.2) is 20.0 Å². The smallest absolute Gasteiger partial charge is 0.470 e. The van der Waals surface area contributed by atoms with Gasteiger partial charge in [0.05, 0.1) is 0 Å². The molecule has 0 spiro atoms. The molecule has 0 N–H and O–H groups in total. The molecule has 0 fully saturated rings. The Morgan fingerprint density at radius 1 is 0.452 bits per heavy atom. The van der Waals surface area contributed by atoms with Gasteiger partial charge in [0.25, 0.3) is 0 Å². The van der Waals surface area contributed by atoms with E-state index in [1.165, 1.54) is 0 Å². The summed E-state index contributed by atoms with van der Waals surface area (Å²) in [4.78, 5) is 17.2. The van der Waals surface area contributed by atoms with Gasteiger partial charge in [-0.05, 0) is 49.9 Å². The van der Waals surface area contributed by atoms with E-state index in [4.69, 9.17) is 0 Å². The first-order valence-corrected chi connectivity index (χ1v) is 14.8. The minimum Gasteiger partial charge on any atom is -0.470 e. The second-order valence-electron chi connectivity index (χ2n) is 13.2. The standard InChI is InChI=1S/4C8H17N2.2Co/c4*1-6-9-7(2)10-8(3,4)5;;/h4*6H2,1-5H3;;/q4*-1;2*+2. The summed E-state index contributed by atoms with van der Waals surface area (Å²) in [5.74, 6) is 3.59. The van der Waals surface area contributed by atoms with Gasteiger partial charge in [0.1, 0.15) is 0 Å². The molecule has 0 unspecified atom stereocenters. The van der Waals surface area contributed by atoms with E-state index in [0.717, 1.165) is 49.5 Å². The third kappa shape index (κ3) is 58.5. The fourth-order valence-corrected chi connectivity index (χ4v) is 3.00. The maximum Gasteiger partial charge on any atom is 2.00 e. The third-order valence-electron chi connectivity index (χ3n) is 3.54. The number of amidine groups is 4. The average molecular weight is 683 g/mol. The maximum absolute atomic E-state index is 4.35. The predicted molar refractivity (Wildman–Crippen MR) is 187 cm³/mol. The molecule has 0 aliphatic heterocycles. The minimum atomic E-state index is 0. The summed E-state index contributed by atoms with van der Waals surface area (Å²) in [6.07, 6.45) is 0. The molecular weight excluding hydrogens is 614 g/mol. The van der Waals surface area contributed by atoms with Crippen LogP contribution in [0.2, 0.25) is 0 Å². The zero-order chi connectivity index (χ0) is 32.8. The topological polar surface area (TPSA) is 106 Å². The second kappa shape index (κ2) is 27.4. The summed E-state index contributed by atoms with van der Waals surface area (Å²) < 4.78 is 0. The van der Waals surface area contributed by atoms with Crippen LogP contribution in [-0.4, -0.2) is 71.7 Å². The quantitative estimate of drug-likeness (QED) is 0.208. The van der Waals surface area contributed by atoms with Gasteiger partial charge in [0.15, 0.2) is 0 Å². The first-order valence-electron chi connectivity index (χ1n) is 14.8. The molecule has 0 aliphatic carbocycles. The zero-order valence-corrected chi connectivity index (χ0v) is 33.2. The van der Waals surface area contributed by atoms with E-state index in [2.05, 4.69) is 124 Å². The Kier molecular flexibility index (Phi) is 34.9. The fraction of sp³-hybridized carbons (Fsp3) is 0.875. The number of rotatable bonds is 4. The Hall–Kier alpha value is -1.11. The maximum atomic E-state index is 4.35. The van der Waals surface area contributed by atoms with Crippen LogP contribution in [0.4, 0.5) is 0 Å². The summed E-state index contributed by atoms with van der Waals surface area (Å²) in [7, 11) is 0. The van der Waals surface area contributed by atoms with Crippen molar-refractivity contribution in [2.75, 3.05) is 26.2 Å². The normalized spacial score (nSPS) is 12.9. The van der Waals surface area contributed by atoms with Gasteiger partial charge in [-0.15, -0.1) is 0 Å². The van der Waals surface area contributed by atoms with E-state index >= 15 is 0 Å². The molecule has 0 saturated heterocycles. The van der Waals surface area contributed by atoms with Crippen LogP contribution in [0.1, 0.15) is 138 Å². The van der Waals surface area contributed by atoms with Crippen molar-refractivity contribution in [3.63, 3.8) is 0 Å². The van der Waals surface area contributed by atoms with Crippen molar-refractivity contribution < 1.29 is 33.6 Å². The summed E-state index contributed by atoms with van der Waals surface area (Å²) in [6.45, 7) is 44.0. The molecular formula is C32H68Co2N8. The number of hydrogen-bond acceptors (Lipinski definition) is 4. The Morgan fingerprint density at radius 2 is 0.690 bits per heavy atom. The van der Waals surface area contributed by atoms with E-state index < -0.39 is 0 Å². The molecule has 0 aromatic rings. The van der Waals surface area contributed by atoms with Crippen LogP contribution in [-0.2, 0) is 33.6 Å². The predicted octanol–water partition coefficient (Wildman–Crippen LogP) is 10.4. The van der Waals surface area contributed by atoms with Crippen molar-refractivity contribution >= 4 is 23.3 Å². The first kappa shape index (κ1) is 53.5. The molecule has 8 nitrogen and oxygen atoms in total. The van der Waals surface area contributed by atoms with Crippen molar-refractivity contribution in [2.45, 2.75) is 161 Å². The van der Waals surface area contributed by atoms with Crippen LogP contribution < -0.4 is 0 Å². The van der Waals surface area contributed by atoms with Crippen LogP contribution in [0.25, 0.3) is 21.3 Å². The third-order valence-corrected chi connectivity index (χ3v) is 3.54. The van der Waals surface area contributed by atoms with Gasteiger partial charge in [0, 0.05) is 0 Å². The molecule has 0 atom stereocenters. The number of aliphatic imine (C=N–C) groups is 4. The van der Waals surface area contributed by atoms with Crippen LogP contribution in [0, 0.1) is 0 Å². The van der Waals surface area contributed by atoms with Crippen molar-refractivity contribution in [3.8, 4) is 0 Å². The molecule has 10 heteroatoms. The van der Waals surface area contributed by atoms with E-state index in [1.807, 2.05) is 55.4 Å². The van der Waals surface area contributed by atoms with Crippen LogP contribution in [0.5, 0.6) is 0 Å². The van der Waals surface area contributed by atoms with E-state index in [0.29, 0.717) is 0 Å². The van der Waals surface area contributed by atoms with Crippen molar-refractivity contribution in [3.05, 3.63) is 21.3 Å². The zero-order valence-electron chi connectivity index (χ0n) is 31.1. The van der Waals surface area contributed by atoms with Gasteiger partial charge in [-0.2, -0.15) is 0 Å². The molecule has 0 bridgehead atoms. The molecule has 0 heterocycles. The number of nitrogens with zero attached hydrogens (tertiary/aromatic N) is 8. The van der Waals surface area contributed by atoms with Gasteiger partial charge >= 0.3 is 33.6 Å². The molecule has 42 heavy (non-hydrogen) atoms. The fourth-order valence-electron chi connectivity index (χ4n) is 3.00. The average Bonchev–Trinajstić information content (AvgIpc) is 2.64. The van der Waals surface area contributed by atoms with Crippen LogP contribution >= 0.6 is 0 Å². The molecule has 0 rings (SSSR count). The van der Waals surface area contributed by atoms with Gasteiger partial charge in [0.2, 0.25) is 0 Å². The van der Waals surface area contributed by atoms with E-state index in [-0.39, 0.29) is 55.7 Å². The summed E-state index contributed by atoms with van der Waals surface area (Å²) in [5.41, 5.74) is 0.0665. The van der Waals surface area contributed by atoms with Gasteiger partial charge < -0.3 is 41.2 Å². The van der Waals surface area contributed by atoms with Gasteiger partial charge in [-0.3, -0.25) is 0 Å². The Bertz CT molecular complexity index is 670. The minimum absolute atomic E-state index is 0. The van der Waals surface area contributed by atoms with Crippen molar-refractivity contribution in [2.24, 2.45) is 20.0 Å². The summed E-state index contributed by atoms with van der Waals surface area (Å²) in [6, 6.07) is 0. The SMILES string of the molecule is CCN=C(C)[N-]C(C)(C)C.CC[N-]C(C)=NC(C)(C)C.CC[N-]C(C)=NC(C)(C)C.CC[N-]C(C)=NC(C)(C)C.[Co+2].[Co+2]. The summed E-state index contributed by atoms with van der Waals surface area (Å²) in [5, 5.41) is 16.8. The Morgan fingerprint density at radius 3 is 0.833 bits per heavy atom.